The predicted octanol–water partition coefficient (Wildman–Crippen LogP) is 0.131. The number of aromatic amines is 2. The number of fused-ring (bicyclic) bond motifs is 1. The van der Waals surface area contributed by atoms with E-state index in [2.05, 4.69) is 40.7 Å². The Hall–Kier alpha value is -3.47. The third-order valence-electron chi connectivity index (χ3n) is 4.29. The van der Waals surface area contributed by atoms with Gasteiger partial charge in [-0.05, 0) is 41.3 Å². The van der Waals surface area contributed by atoms with Crippen molar-refractivity contribution in [3.05, 3.63) is 55.6 Å². The number of aromatic nitrogens is 6. The first kappa shape index (κ1) is 16.7. The first-order valence-electron chi connectivity index (χ1n) is 8.73. The molecule has 0 aliphatic heterocycles. The van der Waals surface area contributed by atoms with Gasteiger partial charge in [-0.3, -0.25) is 4.98 Å². The molecule has 1 aliphatic carbocycles. The second kappa shape index (κ2) is 6.60. The van der Waals surface area contributed by atoms with Crippen LogP contribution in [0, 0.1) is 0 Å². The standard InChI is InChI=1S/C17H16N8O2S/c26-14-12(21-17(27)23-14)5-10-7-19-25-13(10)22-15(18-6-9-3-4-28-8-9)24-16(25)20-11-1-2-11/h3-5,7-8,11,26H,1-2,6H2,(H,18,20,24)(H2,21,23,27)/b10-5+. The summed E-state index contributed by atoms with van der Waals surface area (Å²) in [4.78, 5) is 29.9. The molecule has 0 bridgehead atoms. The lowest BCUT2D eigenvalue weighted by atomic mass is 10.3. The molecule has 28 heavy (non-hydrogen) atoms. The molecule has 10 nitrogen and oxygen atoms in total. The highest BCUT2D eigenvalue weighted by atomic mass is 32.1. The fourth-order valence-corrected chi connectivity index (χ4v) is 3.40. The molecule has 142 valence electrons. The molecule has 11 heteroatoms. The fourth-order valence-electron chi connectivity index (χ4n) is 2.73. The number of imidazole rings is 1. The van der Waals surface area contributed by atoms with Crippen molar-refractivity contribution in [3.8, 4) is 5.88 Å². The van der Waals surface area contributed by atoms with Crippen molar-refractivity contribution in [1.29, 1.82) is 0 Å². The quantitative estimate of drug-likeness (QED) is 0.379. The second-order valence-corrected chi connectivity index (χ2v) is 7.29. The predicted molar refractivity (Wildman–Crippen MR) is 103 cm³/mol. The van der Waals surface area contributed by atoms with Gasteiger partial charge in [0.2, 0.25) is 11.8 Å². The molecule has 1 fully saturated rings. The average Bonchev–Trinajstić information content (AvgIpc) is 3.05. The minimum absolute atomic E-state index is 0.239. The summed E-state index contributed by atoms with van der Waals surface area (Å²) in [6, 6.07) is 2.30. The van der Waals surface area contributed by atoms with E-state index in [-0.39, 0.29) is 17.6 Å². The number of nitrogens with one attached hydrogen (secondary N) is 3. The number of nitrogens with zero attached hydrogens (tertiary/aromatic N) is 5. The maximum atomic E-state index is 11.4. The summed E-state index contributed by atoms with van der Waals surface area (Å²) in [5, 5.41) is 22.1. The van der Waals surface area contributed by atoms with Crippen LogP contribution in [-0.4, -0.2) is 40.7 Å². The van der Waals surface area contributed by atoms with Gasteiger partial charge >= 0.3 is 5.69 Å². The van der Waals surface area contributed by atoms with Crippen LogP contribution in [0.4, 0.5) is 5.95 Å². The van der Waals surface area contributed by atoms with E-state index < -0.39 is 5.69 Å². The minimum atomic E-state index is -0.489. The van der Waals surface area contributed by atoms with E-state index in [0.29, 0.717) is 29.0 Å². The third-order valence-corrected chi connectivity index (χ3v) is 5.02. The Morgan fingerprint density at radius 2 is 2.29 bits per heavy atom. The maximum Gasteiger partial charge on any atom is 0.326 e. The molecule has 0 atom stereocenters. The Morgan fingerprint density at radius 3 is 3.00 bits per heavy atom. The van der Waals surface area contributed by atoms with E-state index in [1.54, 1.807) is 28.1 Å². The van der Waals surface area contributed by atoms with Crippen molar-refractivity contribution in [2.45, 2.75) is 25.4 Å². The molecule has 4 aromatic heterocycles. The molecule has 1 aliphatic rings. The van der Waals surface area contributed by atoms with Gasteiger partial charge in [0.15, 0.2) is 5.65 Å². The first-order valence-corrected chi connectivity index (χ1v) is 9.67. The van der Waals surface area contributed by atoms with E-state index in [0.717, 1.165) is 18.4 Å². The van der Waals surface area contributed by atoms with Crippen LogP contribution in [0.25, 0.3) is 11.7 Å². The average molecular weight is 396 g/mol. The number of hydrogen-bond donors (Lipinski definition) is 4. The Morgan fingerprint density at radius 1 is 1.39 bits per heavy atom. The van der Waals surface area contributed by atoms with Gasteiger partial charge in [0.05, 0.1) is 12.2 Å². The summed E-state index contributed by atoms with van der Waals surface area (Å²) in [5.41, 5.74) is 1.92. The van der Waals surface area contributed by atoms with E-state index >= 15 is 0 Å². The smallest absolute Gasteiger partial charge is 0.326 e. The minimum Gasteiger partial charge on any atom is -0.493 e. The Bertz CT molecular complexity index is 1310. The van der Waals surface area contributed by atoms with Crippen LogP contribution in [0.3, 0.4) is 0 Å². The fraction of sp³-hybridized carbons (Fsp3) is 0.235. The molecule has 0 aromatic carbocycles. The number of anilines is 1. The van der Waals surface area contributed by atoms with Crippen molar-refractivity contribution in [2.24, 2.45) is 4.99 Å². The topological polar surface area (TPSA) is 136 Å². The summed E-state index contributed by atoms with van der Waals surface area (Å²) in [7, 11) is 0. The van der Waals surface area contributed by atoms with E-state index in [4.69, 9.17) is 0 Å². The van der Waals surface area contributed by atoms with Crippen LogP contribution in [0.1, 0.15) is 24.1 Å². The summed E-state index contributed by atoms with van der Waals surface area (Å²) >= 11 is 1.63. The second-order valence-electron chi connectivity index (χ2n) is 6.51. The first-order chi connectivity index (χ1) is 13.7. The molecule has 4 N–H and O–H groups in total. The Kier molecular flexibility index (Phi) is 3.93. The molecule has 0 saturated heterocycles. The van der Waals surface area contributed by atoms with E-state index in [9.17, 15) is 9.90 Å². The van der Waals surface area contributed by atoms with E-state index in [1.165, 1.54) is 0 Å². The van der Waals surface area contributed by atoms with Crippen molar-refractivity contribution >= 4 is 29.0 Å². The lowest BCUT2D eigenvalue weighted by Crippen LogP contribution is -2.24. The number of rotatable bonds is 5. The zero-order valence-electron chi connectivity index (χ0n) is 14.6. The number of hydrogen-bond acceptors (Lipinski definition) is 8. The molecule has 0 spiro atoms. The monoisotopic (exact) mass is 396 g/mol. The molecule has 4 aromatic rings. The molecule has 0 amide bonds. The SMILES string of the molecule is O=c1[nH]c(O)c(/C=c2\cnn3c(=NC4CC4)nc(NCc4ccsc4)nc23)[nH]1. The van der Waals surface area contributed by atoms with Gasteiger partial charge in [0.1, 0.15) is 5.69 Å². The van der Waals surface area contributed by atoms with Gasteiger partial charge in [-0.2, -0.15) is 30.9 Å². The zero-order chi connectivity index (χ0) is 19.1. The number of aromatic hydroxyl groups is 1. The molecule has 5 rings (SSSR count). The van der Waals surface area contributed by atoms with Gasteiger partial charge in [0.25, 0.3) is 5.62 Å². The van der Waals surface area contributed by atoms with Crippen LogP contribution >= 0.6 is 11.3 Å². The highest BCUT2D eigenvalue weighted by Gasteiger charge is 2.21. The lowest BCUT2D eigenvalue weighted by molar-refractivity contribution is 0.454. The maximum absolute atomic E-state index is 11.4. The van der Waals surface area contributed by atoms with Gasteiger partial charge < -0.3 is 15.4 Å². The number of thiophene rings is 1. The largest absolute Gasteiger partial charge is 0.493 e. The van der Waals surface area contributed by atoms with Gasteiger partial charge in [-0.1, -0.05) is 0 Å². The summed E-state index contributed by atoms with van der Waals surface area (Å²) in [5.74, 6) is 0.206. The van der Waals surface area contributed by atoms with E-state index in [1.807, 2.05) is 11.4 Å². The molecule has 4 heterocycles. The highest BCUT2D eigenvalue weighted by Crippen LogP contribution is 2.22. The molecule has 0 radical (unpaired) electrons. The summed E-state index contributed by atoms with van der Waals surface area (Å²) in [6.07, 6.45) is 5.29. The van der Waals surface area contributed by atoms with Crippen LogP contribution in [-0.2, 0) is 6.54 Å². The third kappa shape index (κ3) is 3.27. The van der Waals surface area contributed by atoms with Gasteiger partial charge in [0, 0.05) is 11.8 Å². The Balaban J connectivity index is 1.63. The summed E-state index contributed by atoms with van der Waals surface area (Å²) in [6.45, 7) is 0.599. The van der Waals surface area contributed by atoms with Crippen molar-refractivity contribution in [2.75, 3.05) is 5.32 Å². The van der Waals surface area contributed by atoms with Gasteiger partial charge in [-0.25, -0.2) is 9.79 Å². The molecule has 0 unspecified atom stereocenters. The molecular formula is C17H16N8O2S. The van der Waals surface area contributed by atoms with Crippen LogP contribution in [0.15, 0.2) is 32.8 Å². The van der Waals surface area contributed by atoms with Crippen molar-refractivity contribution < 1.29 is 5.11 Å². The highest BCUT2D eigenvalue weighted by molar-refractivity contribution is 7.07. The van der Waals surface area contributed by atoms with Crippen LogP contribution in [0.5, 0.6) is 5.88 Å². The van der Waals surface area contributed by atoms with Crippen LogP contribution in [0.2, 0.25) is 0 Å². The van der Waals surface area contributed by atoms with Crippen LogP contribution < -0.4 is 21.8 Å². The molecule has 1 saturated carbocycles. The lowest BCUT2D eigenvalue weighted by Gasteiger charge is -2.04. The normalized spacial score (nSPS) is 15.6. The van der Waals surface area contributed by atoms with Crippen molar-refractivity contribution in [3.63, 3.8) is 0 Å². The Labute approximate surface area is 161 Å². The van der Waals surface area contributed by atoms with Gasteiger partial charge in [-0.15, -0.1) is 0 Å². The van der Waals surface area contributed by atoms with Crippen molar-refractivity contribution in [1.82, 2.24) is 29.5 Å². The summed E-state index contributed by atoms with van der Waals surface area (Å²) < 4.78 is 1.57. The number of H-pyrrole nitrogens is 2. The zero-order valence-corrected chi connectivity index (χ0v) is 15.4. The molecular weight excluding hydrogens is 380 g/mol.